The molecule has 126 valence electrons. The number of primary amides is 1. The van der Waals surface area contributed by atoms with Gasteiger partial charge in [-0.15, -0.1) is 0 Å². The van der Waals surface area contributed by atoms with Gasteiger partial charge in [-0.3, -0.25) is 14.5 Å². The summed E-state index contributed by atoms with van der Waals surface area (Å²) in [6, 6.07) is 17.7. The number of benzene rings is 2. The van der Waals surface area contributed by atoms with Crippen LogP contribution in [-0.2, 0) is 16.1 Å². The maximum atomic E-state index is 12.5. The quantitative estimate of drug-likeness (QED) is 0.816. The summed E-state index contributed by atoms with van der Waals surface area (Å²) in [4.78, 5) is 26.1. The van der Waals surface area contributed by atoms with Gasteiger partial charge in [0.05, 0.1) is 6.04 Å². The number of nitrogens with one attached hydrogen (secondary N) is 1. The van der Waals surface area contributed by atoms with Gasteiger partial charge in [0, 0.05) is 6.54 Å². The van der Waals surface area contributed by atoms with Crippen molar-refractivity contribution in [1.82, 2.24) is 10.2 Å². The SMILES string of the molecule is CC(C(=O)NC(C(N)=O)c1ccccc1)N(C)Cc1ccccc1. The second-order valence-corrected chi connectivity index (χ2v) is 5.83. The number of carbonyl (C=O) groups excluding carboxylic acids is 2. The van der Waals surface area contributed by atoms with Crippen molar-refractivity contribution in [2.24, 2.45) is 5.73 Å². The number of amides is 2. The first-order valence-corrected chi connectivity index (χ1v) is 7.88. The molecule has 2 unspecified atom stereocenters. The van der Waals surface area contributed by atoms with Gasteiger partial charge in [0.1, 0.15) is 6.04 Å². The summed E-state index contributed by atoms with van der Waals surface area (Å²) in [6.07, 6.45) is 0. The number of hydrogen-bond donors (Lipinski definition) is 2. The molecule has 0 bridgehead atoms. The van der Waals surface area contributed by atoms with E-state index in [0.29, 0.717) is 12.1 Å². The standard InChI is InChI=1S/C19H23N3O2/c1-14(22(2)13-15-9-5-3-6-10-15)19(24)21-17(18(20)23)16-11-7-4-8-12-16/h3-12,14,17H,13H2,1-2H3,(H2,20,23)(H,21,24). The van der Waals surface area contributed by atoms with Crippen LogP contribution >= 0.6 is 0 Å². The van der Waals surface area contributed by atoms with Gasteiger partial charge in [-0.2, -0.15) is 0 Å². The Labute approximate surface area is 142 Å². The second-order valence-electron chi connectivity index (χ2n) is 5.83. The van der Waals surface area contributed by atoms with Crippen molar-refractivity contribution in [2.75, 3.05) is 7.05 Å². The van der Waals surface area contributed by atoms with Crippen molar-refractivity contribution in [3.63, 3.8) is 0 Å². The number of carbonyl (C=O) groups is 2. The van der Waals surface area contributed by atoms with E-state index in [4.69, 9.17) is 5.73 Å². The van der Waals surface area contributed by atoms with Crippen molar-refractivity contribution in [3.8, 4) is 0 Å². The largest absolute Gasteiger partial charge is 0.368 e. The Morgan fingerprint density at radius 1 is 1.04 bits per heavy atom. The van der Waals surface area contributed by atoms with Gasteiger partial charge in [0.15, 0.2) is 0 Å². The summed E-state index contributed by atoms with van der Waals surface area (Å²) in [7, 11) is 1.87. The Morgan fingerprint density at radius 2 is 1.58 bits per heavy atom. The van der Waals surface area contributed by atoms with Gasteiger partial charge in [-0.05, 0) is 25.1 Å². The van der Waals surface area contributed by atoms with Crippen LogP contribution in [0, 0.1) is 0 Å². The number of hydrogen-bond acceptors (Lipinski definition) is 3. The van der Waals surface area contributed by atoms with Crippen LogP contribution in [0.25, 0.3) is 0 Å². The van der Waals surface area contributed by atoms with Crippen LogP contribution in [0.3, 0.4) is 0 Å². The third-order valence-electron chi connectivity index (χ3n) is 4.02. The summed E-state index contributed by atoms with van der Waals surface area (Å²) in [5, 5.41) is 2.74. The monoisotopic (exact) mass is 325 g/mol. The van der Waals surface area contributed by atoms with Crippen molar-refractivity contribution >= 4 is 11.8 Å². The summed E-state index contributed by atoms with van der Waals surface area (Å²) in [5.41, 5.74) is 7.25. The number of nitrogens with zero attached hydrogens (tertiary/aromatic N) is 1. The molecule has 0 aromatic heterocycles. The number of likely N-dealkylation sites (N-methyl/N-ethyl adjacent to an activating group) is 1. The molecule has 2 aromatic carbocycles. The molecule has 0 fully saturated rings. The van der Waals surface area contributed by atoms with E-state index >= 15 is 0 Å². The van der Waals surface area contributed by atoms with Crippen LogP contribution in [0.15, 0.2) is 60.7 Å². The zero-order chi connectivity index (χ0) is 17.5. The lowest BCUT2D eigenvalue weighted by atomic mass is 10.1. The lowest BCUT2D eigenvalue weighted by Crippen LogP contribution is -2.47. The molecule has 5 heteroatoms. The summed E-state index contributed by atoms with van der Waals surface area (Å²) in [5.74, 6) is -0.812. The molecule has 0 heterocycles. The lowest BCUT2D eigenvalue weighted by Gasteiger charge is -2.26. The van der Waals surface area contributed by atoms with E-state index in [2.05, 4.69) is 5.32 Å². The molecule has 0 aliphatic rings. The number of nitrogens with two attached hydrogens (primary N) is 1. The molecule has 2 aromatic rings. The van der Waals surface area contributed by atoms with Gasteiger partial charge < -0.3 is 11.1 Å². The first kappa shape index (κ1) is 17.7. The molecule has 5 nitrogen and oxygen atoms in total. The highest BCUT2D eigenvalue weighted by molar-refractivity contribution is 5.89. The highest BCUT2D eigenvalue weighted by Gasteiger charge is 2.25. The Morgan fingerprint density at radius 3 is 2.12 bits per heavy atom. The predicted molar refractivity (Wildman–Crippen MR) is 93.9 cm³/mol. The third kappa shape index (κ3) is 4.67. The van der Waals surface area contributed by atoms with Crippen molar-refractivity contribution in [2.45, 2.75) is 25.6 Å². The van der Waals surface area contributed by atoms with Gasteiger partial charge in [-0.25, -0.2) is 0 Å². The summed E-state index contributed by atoms with van der Waals surface area (Å²) >= 11 is 0. The van der Waals surface area contributed by atoms with Crippen LogP contribution in [0.5, 0.6) is 0 Å². The highest BCUT2D eigenvalue weighted by Crippen LogP contribution is 2.13. The molecule has 0 saturated heterocycles. The molecule has 24 heavy (non-hydrogen) atoms. The average molecular weight is 325 g/mol. The smallest absolute Gasteiger partial charge is 0.244 e. The lowest BCUT2D eigenvalue weighted by molar-refractivity contribution is -0.130. The Kier molecular flexibility index (Phi) is 6.09. The Balaban J connectivity index is 2.02. The zero-order valence-corrected chi connectivity index (χ0v) is 14.0. The highest BCUT2D eigenvalue weighted by atomic mass is 16.2. The van der Waals surface area contributed by atoms with Gasteiger partial charge in [0.25, 0.3) is 0 Å². The van der Waals surface area contributed by atoms with E-state index in [0.717, 1.165) is 5.56 Å². The first-order valence-electron chi connectivity index (χ1n) is 7.88. The predicted octanol–water partition coefficient (Wildman–Crippen LogP) is 1.85. The van der Waals surface area contributed by atoms with Gasteiger partial charge in [-0.1, -0.05) is 60.7 Å². The molecular weight excluding hydrogens is 302 g/mol. The van der Waals surface area contributed by atoms with Crippen molar-refractivity contribution in [3.05, 3.63) is 71.8 Å². The minimum absolute atomic E-state index is 0.235. The fourth-order valence-corrected chi connectivity index (χ4v) is 2.44. The van der Waals surface area contributed by atoms with Crippen molar-refractivity contribution < 1.29 is 9.59 Å². The van der Waals surface area contributed by atoms with E-state index < -0.39 is 18.0 Å². The average Bonchev–Trinajstić information content (AvgIpc) is 2.60. The van der Waals surface area contributed by atoms with E-state index in [1.807, 2.05) is 60.5 Å². The maximum Gasteiger partial charge on any atom is 0.244 e. The minimum Gasteiger partial charge on any atom is -0.368 e. The molecule has 0 spiro atoms. The molecule has 0 saturated carbocycles. The van der Waals surface area contributed by atoms with E-state index in [1.54, 1.807) is 19.1 Å². The van der Waals surface area contributed by atoms with Gasteiger partial charge in [0.2, 0.25) is 11.8 Å². The number of rotatable bonds is 7. The van der Waals surface area contributed by atoms with Crippen molar-refractivity contribution in [1.29, 1.82) is 0 Å². The Hall–Kier alpha value is -2.66. The minimum atomic E-state index is -0.828. The topological polar surface area (TPSA) is 75.4 Å². The molecule has 0 aliphatic carbocycles. The van der Waals surface area contributed by atoms with Crippen LogP contribution in [0.1, 0.15) is 24.1 Å². The normalized spacial score (nSPS) is 13.3. The summed E-state index contributed by atoms with van der Waals surface area (Å²) in [6.45, 7) is 2.45. The van der Waals surface area contributed by atoms with Crippen LogP contribution in [0.2, 0.25) is 0 Å². The molecular formula is C19H23N3O2. The molecule has 3 N–H and O–H groups in total. The molecule has 2 atom stereocenters. The summed E-state index contributed by atoms with van der Waals surface area (Å²) < 4.78 is 0. The van der Waals surface area contributed by atoms with E-state index in [9.17, 15) is 9.59 Å². The Bertz CT molecular complexity index is 674. The fourth-order valence-electron chi connectivity index (χ4n) is 2.44. The third-order valence-corrected chi connectivity index (χ3v) is 4.02. The van der Waals surface area contributed by atoms with Crippen LogP contribution in [0.4, 0.5) is 0 Å². The van der Waals surface area contributed by atoms with Crippen LogP contribution in [-0.4, -0.2) is 29.8 Å². The molecule has 2 rings (SSSR count). The van der Waals surface area contributed by atoms with E-state index in [1.165, 1.54) is 0 Å². The van der Waals surface area contributed by atoms with Crippen LogP contribution < -0.4 is 11.1 Å². The fraction of sp³-hybridized carbons (Fsp3) is 0.263. The molecule has 0 radical (unpaired) electrons. The molecule has 2 amide bonds. The molecule has 0 aliphatic heterocycles. The zero-order valence-electron chi connectivity index (χ0n) is 14.0. The maximum absolute atomic E-state index is 12.5. The van der Waals surface area contributed by atoms with Gasteiger partial charge >= 0.3 is 0 Å². The second kappa shape index (κ2) is 8.26. The van der Waals surface area contributed by atoms with E-state index in [-0.39, 0.29) is 5.91 Å². The first-order chi connectivity index (χ1) is 11.5.